The van der Waals surface area contributed by atoms with E-state index >= 15 is 0 Å². The highest BCUT2D eigenvalue weighted by molar-refractivity contribution is 5.82. The summed E-state index contributed by atoms with van der Waals surface area (Å²) in [7, 11) is 1.98. The van der Waals surface area contributed by atoms with Crippen LogP contribution in [0.1, 0.15) is 25.3 Å². The summed E-state index contributed by atoms with van der Waals surface area (Å²) in [6.45, 7) is 3.60. The zero-order valence-corrected chi connectivity index (χ0v) is 11.9. The van der Waals surface area contributed by atoms with Gasteiger partial charge < -0.3 is 10.2 Å². The predicted molar refractivity (Wildman–Crippen MR) is 73.0 cm³/mol. The molecule has 5 heteroatoms. The van der Waals surface area contributed by atoms with E-state index < -0.39 is 17.0 Å². The van der Waals surface area contributed by atoms with Crippen LogP contribution in [0.2, 0.25) is 0 Å². The number of piperidine rings is 1. The van der Waals surface area contributed by atoms with E-state index in [1.807, 2.05) is 14.0 Å². The number of halogens is 2. The van der Waals surface area contributed by atoms with E-state index in [0.29, 0.717) is 6.54 Å². The van der Waals surface area contributed by atoms with E-state index in [-0.39, 0.29) is 18.0 Å². The van der Waals surface area contributed by atoms with Gasteiger partial charge in [-0.1, -0.05) is 0 Å². The van der Waals surface area contributed by atoms with Gasteiger partial charge in [-0.3, -0.25) is 4.79 Å². The number of benzene rings is 1. The van der Waals surface area contributed by atoms with E-state index in [2.05, 4.69) is 10.2 Å². The lowest BCUT2D eigenvalue weighted by Crippen LogP contribution is -2.49. The third-order valence-electron chi connectivity index (χ3n) is 3.88. The van der Waals surface area contributed by atoms with Crippen molar-refractivity contribution in [2.45, 2.75) is 26.3 Å². The summed E-state index contributed by atoms with van der Waals surface area (Å²) in [6.07, 6.45) is 1.78. The molecule has 20 heavy (non-hydrogen) atoms. The van der Waals surface area contributed by atoms with Crippen LogP contribution in [0.5, 0.6) is 0 Å². The Labute approximate surface area is 118 Å². The van der Waals surface area contributed by atoms with Crippen LogP contribution in [0, 0.1) is 17.0 Å². The molecule has 1 amide bonds. The maximum absolute atomic E-state index is 13.5. The number of nitrogens with zero attached hydrogens (tertiary/aromatic N) is 1. The predicted octanol–water partition coefficient (Wildman–Crippen LogP) is 2.31. The molecule has 0 spiro atoms. The Morgan fingerprint density at radius 3 is 2.90 bits per heavy atom. The molecule has 110 valence electrons. The number of nitrogens with one attached hydrogen (secondary N) is 1. The Morgan fingerprint density at radius 2 is 2.20 bits per heavy atom. The first kappa shape index (κ1) is 14.9. The smallest absolute Gasteiger partial charge is 0.227 e. The Balaban J connectivity index is 1.99. The molecule has 1 unspecified atom stereocenters. The summed E-state index contributed by atoms with van der Waals surface area (Å²) in [5.41, 5.74) is -0.289. The molecule has 0 aromatic heterocycles. The van der Waals surface area contributed by atoms with Gasteiger partial charge in [0.2, 0.25) is 5.91 Å². The normalized spacial score (nSPS) is 23.6. The molecule has 0 bridgehead atoms. The van der Waals surface area contributed by atoms with Crippen molar-refractivity contribution in [1.29, 1.82) is 0 Å². The minimum absolute atomic E-state index is 0.0156. The average Bonchev–Trinajstić information content (AvgIpc) is 2.39. The van der Waals surface area contributed by atoms with Crippen LogP contribution in [0.4, 0.5) is 8.78 Å². The molecule has 1 atom stereocenters. The van der Waals surface area contributed by atoms with E-state index in [0.717, 1.165) is 37.6 Å². The number of likely N-dealkylation sites (tertiary alicyclic amines) is 1. The SMILES string of the molecule is CN1CCCC(C)(C(=O)NCc2cc(F)ccc2F)C1. The molecule has 1 aliphatic heterocycles. The van der Waals surface area contributed by atoms with Gasteiger partial charge in [-0.15, -0.1) is 0 Å². The van der Waals surface area contributed by atoms with E-state index in [9.17, 15) is 13.6 Å². The van der Waals surface area contributed by atoms with Crippen LogP contribution in [-0.2, 0) is 11.3 Å². The fourth-order valence-corrected chi connectivity index (χ4v) is 2.75. The van der Waals surface area contributed by atoms with Crippen molar-refractivity contribution in [3.63, 3.8) is 0 Å². The van der Waals surface area contributed by atoms with Crippen molar-refractivity contribution >= 4 is 5.91 Å². The van der Waals surface area contributed by atoms with Crippen molar-refractivity contribution in [2.75, 3.05) is 20.1 Å². The molecule has 1 aromatic carbocycles. The van der Waals surface area contributed by atoms with Crippen LogP contribution in [0.25, 0.3) is 0 Å². The summed E-state index contributed by atoms with van der Waals surface area (Å²) in [5.74, 6) is -1.11. The van der Waals surface area contributed by atoms with Crippen LogP contribution >= 0.6 is 0 Å². The minimum Gasteiger partial charge on any atom is -0.351 e. The maximum atomic E-state index is 13.5. The van der Waals surface area contributed by atoms with Crippen LogP contribution < -0.4 is 5.32 Å². The third kappa shape index (κ3) is 3.33. The van der Waals surface area contributed by atoms with Gasteiger partial charge in [0.25, 0.3) is 0 Å². The lowest BCUT2D eigenvalue weighted by Gasteiger charge is -2.37. The molecular weight excluding hydrogens is 262 g/mol. The number of hydrogen-bond acceptors (Lipinski definition) is 2. The largest absolute Gasteiger partial charge is 0.351 e. The van der Waals surface area contributed by atoms with Gasteiger partial charge in [0.1, 0.15) is 11.6 Å². The first-order valence-electron chi connectivity index (χ1n) is 6.81. The topological polar surface area (TPSA) is 32.3 Å². The number of carbonyl (C=O) groups is 1. The molecule has 2 rings (SSSR count). The summed E-state index contributed by atoms with van der Waals surface area (Å²) in [5, 5.41) is 2.73. The Kier molecular flexibility index (Phi) is 4.38. The second-order valence-electron chi connectivity index (χ2n) is 5.82. The molecule has 1 N–H and O–H groups in total. The molecule has 3 nitrogen and oxygen atoms in total. The summed E-state index contributed by atoms with van der Waals surface area (Å²) in [6, 6.07) is 3.26. The van der Waals surface area contributed by atoms with Gasteiger partial charge in [-0.05, 0) is 51.6 Å². The summed E-state index contributed by atoms with van der Waals surface area (Å²) < 4.78 is 26.6. The highest BCUT2D eigenvalue weighted by Crippen LogP contribution is 2.29. The van der Waals surface area contributed by atoms with Crippen molar-refractivity contribution in [1.82, 2.24) is 10.2 Å². The second kappa shape index (κ2) is 5.87. The summed E-state index contributed by atoms with van der Waals surface area (Å²) >= 11 is 0. The standard InChI is InChI=1S/C15H20F2N2O/c1-15(6-3-7-19(2)10-15)14(20)18-9-11-8-12(16)4-5-13(11)17/h4-5,8H,3,6-7,9-10H2,1-2H3,(H,18,20). The molecule has 0 saturated carbocycles. The molecule has 1 aromatic rings. The van der Waals surface area contributed by atoms with Gasteiger partial charge in [-0.25, -0.2) is 8.78 Å². The number of rotatable bonds is 3. The molecule has 1 fully saturated rings. The monoisotopic (exact) mass is 282 g/mol. The fraction of sp³-hybridized carbons (Fsp3) is 0.533. The number of hydrogen-bond donors (Lipinski definition) is 1. The molecule has 0 aliphatic carbocycles. The van der Waals surface area contributed by atoms with Crippen LogP contribution in [0.15, 0.2) is 18.2 Å². The maximum Gasteiger partial charge on any atom is 0.227 e. The van der Waals surface area contributed by atoms with E-state index in [1.165, 1.54) is 0 Å². The van der Waals surface area contributed by atoms with Crippen LogP contribution in [-0.4, -0.2) is 30.9 Å². The van der Waals surface area contributed by atoms with Crippen LogP contribution in [0.3, 0.4) is 0 Å². The van der Waals surface area contributed by atoms with Crippen molar-refractivity contribution in [3.8, 4) is 0 Å². The van der Waals surface area contributed by atoms with Crippen molar-refractivity contribution < 1.29 is 13.6 Å². The highest BCUT2D eigenvalue weighted by atomic mass is 19.1. The minimum atomic E-state index is -0.502. The molecule has 1 aliphatic rings. The van der Waals surface area contributed by atoms with E-state index in [4.69, 9.17) is 0 Å². The summed E-state index contributed by atoms with van der Waals surface area (Å²) in [4.78, 5) is 14.4. The first-order valence-corrected chi connectivity index (χ1v) is 6.81. The molecule has 1 heterocycles. The Hall–Kier alpha value is -1.49. The lowest BCUT2D eigenvalue weighted by atomic mass is 9.81. The molecule has 1 saturated heterocycles. The van der Waals surface area contributed by atoms with Gasteiger partial charge in [0.05, 0.1) is 5.41 Å². The van der Waals surface area contributed by atoms with Gasteiger partial charge in [0.15, 0.2) is 0 Å². The van der Waals surface area contributed by atoms with Gasteiger partial charge >= 0.3 is 0 Å². The third-order valence-corrected chi connectivity index (χ3v) is 3.88. The van der Waals surface area contributed by atoms with Crippen molar-refractivity contribution in [2.24, 2.45) is 5.41 Å². The fourth-order valence-electron chi connectivity index (χ4n) is 2.75. The zero-order chi connectivity index (χ0) is 14.8. The van der Waals surface area contributed by atoms with Gasteiger partial charge in [0, 0.05) is 18.7 Å². The second-order valence-corrected chi connectivity index (χ2v) is 5.82. The molecular formula is C15H20F2N2O. The zero-order valence-electron chi connectivity index (χ0n) is 11.9. The quantitative estimate of drug-likeness (QED) is 0.922. The van der Waals surface area contributed by atoms with Crippen molar-refractivity contribution in [3.05, 3.63) is 35.4 Å². The van der Waals surface area contributed by atoms with E-state index in [1.54, 1.807) is 0 Å². The number of carbonyl (C=O) groups excluding carboxylic acids is 1. The highest BCUT2D eigenvalue weighted by Gasteiger charge is 2.36. The average molecular weight is 282 g/mol. The van der Waals surface area contributed by atoms with Gasteiger partial charge in [-0.2, -0.15) is 0 Å². The lowest BCUT2D eigenvalue weighted by molar-refractivity contribution is -0.133. The Morgan fingerprint density at radius 1 is 1.45 bits per heavy atom. The number of amides is 1. The Bertz CT molecular complexity index is 507. The molecule has 0 radical (unpaired) electrons. The first-order chi connectivity index (χ1) is 9.40.